The van der Waals surface area contributed by atoms with Crippen LogP contribution in [0.1, 0.15) is 19.3 Å². The van der Waals surface area contributed by atoms with Crippen LogP contribution in [0.3, 0.4) is 0 Å². The zero-order valence-corrected chi connectivity index (χ0v) is 11.9. The minimum atomic E-state index is -0.242. The van der Waals surface area contributed by atoms with Crippen LogP contribution in [0.2, 0.25) is 0 Å². The van der Waals surface area contributed by atoms with Crippen molar-refractivity contribution in [2.45, 2.75) is 19.3 Å². The van der Waals surface area contributed by atoms with Crippen LogP contribution < -0.4 is 10.1 Å². The molecule has 1 aliphatic rings. The van der Waals surface area contributed by atoms with Crippen molar-refractivity contribution in [2.24, 2.45) is 5.41 Å². The average Bonchev–Trinajstić information content (AvgIpc) is 2.42. The van der Waals surface area contributed by atoms with E-state index in [1.807, 2.05) is 24.3 Å². The number of nitrogens with one attached hydrogen (secondary N) is 1. The van der Waals surface area contributed by atoms with Gasteiger partial charge < -0.3 is 10.1 Å². The average molecular weight is 309 g/mol. The Balaban J connectivity index is 1.84. The van der Waals surface area contributed by atoms with E-state index in [1.165, 1.54) is 0 Å². The largest absolute Gasteiger partial charge is 0.494 e. The van der Waals surface area contributed by atoms with Crippen molar-refractivity contribution < 1.29 is 4.74 Å². The Labute approximate surface area is 116 Å². The second kappa shape index (κ2) is 6.21. The molecule has 0 amide bonds. The molecule has 1 aromatic rings. The minimum absolute atomic E-state index is 0.242. The quantitative estimate of drug-likeness (QED) is 0.929. The van der Waals surface area contributed by atoms with Gasteiger partial charge >= 0.3 is 0 Å². The van der Waals surface area contributed by atoms with Gasteiger partial charge in [0.2, 0.25) is 0 Å². The number of hydrogen-bond acceptors (Lipinski definition) is 3. The molecule has 1 aliphatic heterocycles. The lowest BCUT2D eigenvalue weighted by Gasteiger charge is -2.31. The van der Waals surface area contributed by atoms with Gasteiger partial charge in [0.1, 0.15) is 5.75 Å². The van der Waals surface area contributed by atoms with Crippen molar-refractivity contribution in [3.05, 3.63) is 28.7 Å². The maximum absolute atomic E-state index is 9.32. The number of hydrogen-bond donors (Lipinski definition) is 1. The summed E-state index contributed by atoms with van der Waals surface area (Å²) >= 11 is 3.39. The smallest absolute Gasteiger partial charge is 0.119 e. The number of nitriles is 1. The molecule has 0 aliphatic carbocycles. The van der Waals surface area contributed by atoms with E-state index in [4.69, 9.17) is 4.74 Å². The number of piperidine rings is 1. The molecule has 0 bridgehead atoms. The van der Waals surface area contributed by atoms with Crippen molar-refractivity contribution in [3.8, 4) is 11.8 Å². The Hall–Kier alpha value is -1.05. The molecule has 18 heavy (non-hydrogen) atoms. The maximum Gasteiger partial charge on any atom is 0.119 e. The fourth-order valence-electron chi connectivity index (χ4n) is 2.23. The minimum Gasteiger partial charge on any atom is -0.494 e. The second-order valence-corrected chi connectivity index (χ2v) is 5.64. The van der Waals surface area contributed by atoms with Crippen molar-refractivity contribution in [2.75, 3.05) is 19.7 Å². The number of ether oxygens (including phenoxy) is 1. The highest BCUT2D eigenvalue weighted by Gasteiger charge is 2.31. The van der Waals surface area contributed by atoms with Crippen molar-refractivity contribution >= 4 is 15.9 Å². The van der Waals surface area contributed by atoms with Gasteiger partial charge in [-0.15, -0.1) is 0 Å². The number of halogens is 1. The first-order chi connectivity index (χ1) is 8.74. The number of nitrogens with zero attached hydrogens (tertiary/aromatic N) is 1. The third kappa shape index (κ3) is 3.47. The van der Waals surface area contributed by atoms with E-state index < -0.39 is 0 Å². The fourth-order valence-corrected chi connectivity index (χ4v) is 2.49. The van der Waals surface area contributed by atoms with E-state index in [1.54, 1.807) is 0 Å². The van der Waals surface area contributed by atoms with Crippen LogP contribution >= 0.6 is 15.9 Å². The number of rotatable bonds is 4. The molecule has 0 aromatic heterocycles. The summed E-state index contributed by atoms with van der Waals surface area (Å²) in [5.41, 5.74) is -0.242. The normalized spacial score (nSPS) is 23.3. The lowest BCUT2D eigenvalue weighted by Crippen LogP contribution is -2.40. The summed E-state index contributed by atoms with van der Waals surface area (Å²) < 4.78 is 6.73. The molecule has 1 N–H and O–H groups in total. The van der Waals surface area contributed by atoms with Gasteiger partial charge in [0.05, 0.1) is 18.1 Å². The third-order valence-corrected chi connectivity index (χ3v) is 3.90. The Kier molecular flexibility index (Phi) is 4.62. The van der Waals surface area contributed by atoms with Crippen LogP contribution in [0, 0.1) is 16.7 Å². The zero-order valence-electron chi connectivity index (χ0n) is 10.3. The first-order valence-corrected chi connectivity index (χ1v) is 7.04. The maximum atomic E-state index is 9.32. The monoisotopic (exact) mass is 308 g/mol. The molecule has 1 fully saturated rings. The molecule has 1 aromatic carbocycles. The molecule has 1 heterocycles. The van der Waals surface area contributed by atoms with Crippen LogP contribution in [0.5, 0.6) is 5.75 Å². The van der Waals surface area contributed by atoms with Gasteiger partial charge in [0, 0.05) is 17.4 Å². The fraction of sp³-hybridized carbons (Fsp3) is 0.500. The van der Waals surface area contributed by atoms with Gasteiger partial charge in [-0.2, -0.15) is 5.26 Å². The van der Waals surface area contributed by atoms with Gasteiger partial charge in [-0.3, -0.25) is 0 Å². The summed E-state index contributed by atoms with van der Waals surface area (Å²) in [7, 11) is 0. The van der Waals surface area contributed by atoms with Crippen LogP contribution in [0.25, 0.3) is 0 Å². The summed E-state index contributed by atoms with van der Waals surface area (Å²) in [5.74, 6) is 0.857. The molecule has 0 saturated carbocycles. The van der Waals surface area contributed by atoms with E-state index in [2.05, 4.69) is 27.3 Å². The molecule has 0 spiro atoms. The molecule has 96 valence electrons. The first kappa shape index (κ1) is 13.4. The molecule has 1 unspecified atom stereocenters. The summed E-state index contributed by atoms with van der Waals surface area (Å²) in [5, 5.41) is 12.6. The Morgan fingerprint density at radius 2 is 2.17 bits per heavy atom. The molecule has 2 rings (SSSR count). The standard InChI is InChI=1S/C14H17BrN2O/c15-12-2-4-13(5-3-12)18-9-7-14(10-16)6-1-8-17-11-14/h2-5,17H,1,6-9,11H2. The highest BCUT2D eigenvalue weighted by molar-refractivity contribution is 9.10. The predicted molar refractivity (Wildman–Crippen MR) is 74.4 cm³/mol. The van der Waals surface area contributed by atoms with Crippen LogP contribution in [-0.2, 0) is 0 Å². The highest BCUT2D eigenvalue weighted by Crippen LogP contribution is 2.29. The van der Waals surface area contributed by atoms with Crippen LogP contribution in [0.15, 0.2) is 28.7 Å². The third-order valence-electron chi connectivity index (χ3n) is 3.37. The van der Waals surface area contributed by atoms with Gasteiger partial charge in [-0.25, -0.2) is 0 Å². The van der Waals surface area contributed by atoms with E-state index in [9.17, 15) is 5.26 Å². The van der Waals surface area contributed by atoms with Gasteiger partial charge in [-0.1, -0.05) is 15.9 Å². The Morgan fingerprint density at radius 1 is 1.39 bits per heavy atom. The van der Waals surface area contributed by atoms with E-state index >= 15 is 0 Å². The topological polar surface area (TPSA) is 45.0 Å². The van der Waals surface area contributed by atoms with E-state index in [-0.39, 0.29) is 5.41 Å². The molecule has 0 radical (unpaired) electrons. The molecule has 4 heteroatoms. The van der Waals surface area contributed by atoms with Gasteiger partial charge in [-0.05, 0) is 43.7 Å². The summed E-state index contributed by atoms with van der Waals surface area (Å²) in [4.78, 5) is 0. The highest BCUT2D eigenvalue weighted by atomic mass is 79.9. The van der Waals surface area contributed by atoms with Crippen molar-refractivity contribution in [1.82, 2.24) is 5.32 Å². The lowest BCUT2D eigenvalue weighted by molar-refractivity contribution is 0.205. The molecule has 3 nitrogen and oxygen atoms in total. The number of benzene rings is 1. The molecule has 1 saturated heterocycles. The van der Waals surface area contributed by atoms with Gasteiger partial charge in [0.15, 0.2) is 0 Å². The second-order valence-electron chi connectivity index (χ2n) is 4.72. The van der Waals surface area contributed by atoms with Crippen molar-refractivity contribution in [3.63, 3.8) is 0 Å². The Morgan fingerprint density at radius 3 is 2.78 bits per heavy atom. The summed E-state index contributed by atoms with van der Waals surface area (Å²) in [6, 6.07) is 10.2. The summed E-state index contributed by atoms with van der Waals surface area (Å²) in [6.45, 7) is 2.40. The van der Waals surface area contributed by atoms with Crippen molar-refractivity contribution in [1.29, 1.82) is 5.26 Å². The molecule has 1 atom stereocenters. The predicted octanol–water partition coefficient (Wildman–Crippen LogP) is 3.11. The summed E-state index contributed by atoms with van der Waals surface area (Å²) in [6.07, 6.45) is 2.83. The Bertz CT molecular complexity index is 418. The van der Waals surface area contributed by atoms with E-state index in [0.717, 1.165) is 42.6 Å². The van der Waals surface area contributed by atoms with E-state index in [0.29, 0.717) is 6.61 Å². The van der Waals surface area contributed by atoms with Crippen LogP contribution in [0.4, 0.5) is 0 Å². The SMILES string of the molecule is N#CC1(CCOc2ccc(Br)cc2)CCCNC1. The molecular weight excluding hydrogens is 292 g/mol. The lowest BCUT2D eigenvalue weighted by atomic mass is 9.79. The molecular formula is C14H17BrN2O. The first-order valence-electron chi connectivity index (χ1n) is 6.24. The zero-order chi connectivity index (χ0) is 12.8. The van der Waals surface area contributed by atoms with Gasteiger partial charge in [0.25, 0.3) is 0 Å². The van der Waals surface area contributed by atoms with Crippen LogP contribution in [-0.4, -0.2) is 19.7 Å².